The van der Waals surface area contributed by atoms with Crippen molar-refractivity contribution in [2.75, 3.05) is 5.73 Å². The summed E-state index contributed by atoms with van der Waals surface area (Å²) in [4.78, 5) is 8.03. The number of benzene rings is 1. The molecular weight excluding hydrogens is 302 g/mol. The number of anilines is 1. The second-order valence-corrected chi connectivity index (χ2v) is 6.53. The number of nitrogens with one attached hydrogen (secondary N) is 1. The molecule has 3 nitrogen and oxygen atoms in total. The second kappa shape index (κ2) is 5.53. The fourth-order valence-corrected chi connectivity index (χ4v) is 3.57. The van der Waals surface area contributed by atoms with Crippen molar-refractivity contribution in [3.8, 4) is 0 Å². The lowest BCUT2D eigenvalue weighted by Gasteiger charge is -2.20. The van der Waals surface area contributed by atoms with Gasteiger partial charge in [-0.05, 0) is 24.5 Å². The lowest BCUT2D eigenvalue weighted by molar-refractivity contribution is 0.337. The molecule has 0 aliphatic heterocycles. The highest BCUT2D eigenvalue weighted by molar-refractivity contribution is 9.10. The number of aromatic amines is 1. The maximum atomic E-state index is 6.00. The summed E-state index contributed by atoms with van der Waals surface area (Å²) in [6.07, 6.45) is 9.32. The van der Waals surface area contributed by atoms with Crippen molar-refractivity contribution in [3.05, 3.63) is 22.4 Å². The first-order valence-corrected chi connectivity index (χ1v) is 7.95. The van der Waals surface area contributed by atoms with E-state index in [-0.39, 0.29) is 0 Å². The largest absolute Gasteiger partial charge is 0.397 e. The van der Waals surface area contributed by atoms with E-state index in [9.17, 15) is 0 Å². The van der Waals surface area contributed by atoms with Gasteiger partial charge >= 0.3 is 0 Å². The van der Waals surface area contributed by atoms with Crippen LogP contribution in [0.1, 0.15) is 44.3 Å². The molecule has 3 N–H and O–H groups in total. The van der Waals surface area contributed by atoms with E-state index in [0.29, 0.717) is 0 Å². The van der Waals surface area contributed by atoms with E-state index in [1.807, 2.05) is 12.1 Å². The van der Waals surface area contributed by atoms with Crippen LogP contribution in [0.2, 0.25) is 0 Å². The topological polar surface area (TPSA) is 54.7 Å². The average Bonchev–Trinajstić information content (AvgIpc) is 2.81. The summed E-state index contributed by atoms with van der Waals surface area (Å²) >= 11 is 3.47. The number of imidazole rings is 1. The van der Waals surface area contributed by atoms with E-state index in [4.69, 9.17) is 5.73 Å². The molecule has 1 aromatic carbocycles. The summed E-state index contributed by atoms with van der Waals surface area (Å²) in [5.74, 6) is 1.97. The molecule has 0 bridgehead atoms. The van der Waals surface area contributed by atoms with Gasteiger partial charge in [0, 0.05) is 10.9 Å². The van der Waals surface area contributed by atoms with Crippen LogP contribution in [-0.2, 0) is 6.42 Å². The van der Waals surface area contributed by atoms with Gasteiger partial charge in [-0.3, -0.25) is 0 Å². The molecule has 1 heterocycles. The summed E-state index contributed by atoms with van der Waals surface area (Å²) in [5, 5.41) is 0. The van der Waals surface area contributed by atoms with E-state index in [2.05, 4.69) is 25.9 Å². The monoisotopic (exact) mass is 321 g/mol. The first kappa shape index (κ1) is 13.0. The maximum Gasteiger partial charge on any atom is 0.112 e. The molecule has 0 atom stereocenters. The Balaban J connectivity index is 1.72. The number of aromatic nitrogens is 2. The molecule has 0 saturated heterocycles. The molecule has 1 aliphatic carbocycles. The predicted molar refractivity (Wildman–Crippen MR) is 83.1 cm³/mol. The van der Waals surface area contributed by atoms with Crippen molar-refractivity contribution in [1.82, 2.24) is 9.97 Å². The molecule has 0 unspecified atom stereocenters. The molecule has 3 rings (SSSR count). The number of hydrogen-bond donors (Lipinski definition) is 2. The van der Waals surface area contributed by atoms with Gasteiger partial charge in [0.15, 0.2) is 0 Å². The molecule has 0 radical (unpaired) electrons. The van der Waals surface area contributed by atoms with Crippen LogP contribution in [0.5, 0.6) is 0 Å². The number of nitrogens with two attached hydrogens (primary N) is 1. The molecule has 102 valence electrons. The van der Waals surface area contributed by atoms with E-state index < -0.39 is 0 Å². The third-order valence-corrected chi connectivity index (χ3v) is 4.60. The Morgan fingerprint density at radius 3 is 2.84 bits per heavy atom. The van der Waals surface area contributed by atoms with Crippen LogP contribution in [0.3, 0.4) is 0 Å². The number of rotatable bonds is 3. The molecule has 4 heteroatoms. The molecule has 1 aromatic heterocycles. The van der Waals surface area contributed by atoms with Crippen LogP contribution in [0, 0.1) is 5.92 Å². The molecular formula is C15H20BrN3. The van der Waals surface area contributed by atoms with Crippen LogP contribution < -0.4 is 5.73 Å². The Morgan fingerprint density at radius 1 is 1.26 bits per heavy atom. The Labute approximate surface area is 122 Å². The highest BCUT2D eigenvalue weighted by Crippen LogP contribution is 2.28. The summed E-state index contributed by atoms with van der Waals surface area (Å²) in [5.41, 5.74) is 8.67. The van der Waals surface area contributed by atoms with Gasteiger partial charge < -0.3 is 10.7 Å². The van der Waals surface area contributed by atoms with Crippen molar-refractivity contribution in [1.29, 1.82) is 0 Å². The highest BCUT2D eigenvalue weighted by atomic mass is 79.9. The molecule has 2 aromatic rings. The molecule has 1 saturated carbocycles. The third-order valence-electron chi connectivity index (χ3n) is 4.14. The second-order valence-electron chi connectivity index (χ2n) is 5.62. The van der Waals surface area contributed by atoms with E-state index in [0.717, 1.165) is 39.4 Å². The van der Waals surface area contributed by atoms with E-state index in [1.54, 1.807) is 0 Å². The minimum atomic E-state index is 0.740. The smallest absolute Gasteiger partial charge is 0.112 e. The number of halogens is 1. The Hall–Kier alpha value is -1.03. The first-order chi connectivity index (χ1) is 9.22. The molecule has 0 spiro atoms. The number of H-pyrrole nitrogens is 1. The zero-order valence-corrected chi connectivity index (χ0v) is 12.7. The van der Waals surface area contributed by atoms with Gasteiger partial charge in [0.05, 0.1) is 11.2 Å². The number of nitrogens with zero attached hydrogens (tertiary/aromatic N) is 1. The number of aryl methyl sites for hydroxylation is 1. The van der Waals surface area contributed by atoms with E-state index >= 15 is 0 Å². The van der Waals surface area contributed by atoms with Gasteiger partial charge in [0.25, 0.3) is 0 Å². The Kier molecular flexibility index (Phi) is 3.78. The molecule has 1 fully saturated rings. The zero-order valence-electron chi connectivity index (χ0n) is 11.1. The molecule has 19 heavy (non-hydrogen) atoms. The van der Waals surface area contributed by atoms with E-state index in [1.165, 1.54) is 38.5 Å². The fourth-order valence-electron chi connectivity index (χ4n) is 3.09. The standard InChI is InChI=1S/C15H20BrN3/c16-11-8-12(17)15-13(9-11)18-14(19-15)7-6-10-4-2-1-3-5-10/h8-10H,1-7,17H2,(H,18,19). The van der Waals surface area contributed by atoms with Gasteiger partial charge in [-0.2, -0.15) is 0 Å². The lowest BCUT2D eigenvalue weighted by Crippen LogP contribution is -2.07. The number of nitrogen functional groups attached to an aromatic ring is 1. The lowest BCUT2D eigenvalue weighted by atomic mass is 9.86. The van der Waals surface area contributed by atoms with Crippen LogP contribution in [0.4, 0.5) is 5.69 Å². The number of fused-ring (bicyclic) bond motifs is 1. The van der Waals surface area contributed by atoms with Crippen molar-refractivity contribution in [2.24, 2.45) is 5.92 Å². The Bertz CT molecular complexity index is 570. The zero-order chi connectivity index (χ0) is 13.2. The van der Waals surface area contributed by atoms with Gasteiger partial charge in [0.1, 0.15) is 11.3 Å². The highest BCUT2D eigenvalue weighted by Gasteiger charge is 2.14. The van der Waals surface area contributed by atoms with Crippen LogP contribution in [0.25, 0.3) is 11.0 Å². The van der Waals surface area contributed by atoms with Crippen molar-refractivity contribution < 1.29 is 0 Å². The van der Waals surface area contributed by atoms with Gasteiger partial charge in [0.2, 0.25) is 0 Å². The van der Waals surface area contributed by atoms with Gasteiger partial charge in [-0.15, -0.1) is 0 Å². The van der Waals surface area contributed by atoms with Crippen LogP contribution >= 0.6 is 15.9 Å². The van der Waals surface area contributed by atoms with Crippen LogP contribution in [-0.4, -0.2) is 9.97 Å². The predicted octanol–water partition coefficient (Wildman–Crippen LogP) is 4.42. The third kappa shape index (κ3) is 2.94. The summed E-state index contributed by atoms with van der Waals surface area (Å²) in [7, 11) is 0. The van der Waals surface area contributed by atoms with Crippen molar-refractivity contribution >= 4 is 32.7 Å². The van der Waals surface area contributed by atoms with Crippen LogP contribution in [0.15, 0.2) is 16.6 Å². The Morgan fingerprint density at radius 2 is 2.05 bits per heavy atom. The van der Waals surface area contributed by atoms with Gasteiger partial charge in [-0.1, -0.05) is 48.0 Å². The fraction of sp³-hybridized carbons (Fsp3) is 0.533. The minimum absolute atomic E-state index is 0.740. The SMILES string of the molecule is Nc1cc(Br)cc2[nH]c(CCC3CCCCC3)nc12. The quantitative estimate of drug-likeness (QED) is 0.822. The first-order valence-electron chi connectivity index (χ1n) is 7.16. The van der Waals surface area contributed by atoms with Crippen molar-refractivity contribution in [2.45, 2.75) is 44.9 Å². The molecule has 0 amide bonds. The molecule has 1 aliphatic rings. The van der Waals surface area contributed by atoms with Gasteiger partial charge in [-0.25, -0.2) is 4.98 Å². The maximum absolute atomic E-state index is 6.00. The summed E-state index contributed by atoms with van der Waals surface area (Å²) in [6, 6.07) is 3.96. The summed E-state index contributed by atoms with van der Waals surface area (Å²) in [6.45, 7) is 0. The normalized spacial score (nSPS) is 17.1. The average molecular weight is 322 g/mol. The minimum Gasteiger partial charge on any atom is -0.397 e. The van der Waals surface area contributed by atoms with Crippen molar-refractivity contribution in [3.63, 3.8) is 0 Å². The number of hydrogen-bond acceptors (Lipinski definition) is 2. The summed E-state index contributed by atoms with van der Waals surface area (Å²) < 4.78 is 1.000.